The lowest BCUT2D eigenvalue weighted by atomic mass is 9.90. The third-order valence-electron chi connectivity index (χ3n) is 4.66. The van der Waals surface area contributed by atoms with Gasteiger partial charge in [-0.3, -0.25) is 9.59 Å². The molecule has 0 amide bonds. The summed E-state index contributed by atoms with van der Waals surface area (Å²) in [6, 6.07) is 19.1. The number of benzene rings is 2. The number of hydrogen-bond acceptors (Lipinski definition) is 2. The van der Waals surface area contributed by atoms with E-state index in [2.05, 4.69) is 4.98 Å². The van der Waals surface area contributed by atoms with Crippen molar-refractivity contribution in [2.45, 2.75) is 19.7 Å². The average Bonchev–Trinajstić information content (AvgIpc) is 2.76. The van der Waals surface area contributed by atoms with Crippen molar-refractivity contribution in [1.29, 1.82) is 0 Å². The van der Waals surface area contributed by atoms with Crippen molar-refractivity contribution in [3.05, 3.63) is 106 Å². The Bertz CT molecular complexity index is 1100. The zero-order valence-electron chi connectivity index (χ0n) is 16.4. The fourth-order valence-corrected chi connectivity index (χ4v) is 3.33. The molecule has 4 heteroatoms. The van der Waals surface area contributed by atoms with Crippen molar-refractivity contribution in [1.82, 2.24) is 4.98 Å². The van der Waals surface area contributed by atoms with Crippen molar-refractivity contribution < 1.29 is 4.79 Å². The number of pyridine rings is 1. The molecule has 2 aromatic carbocycles. The number of H-pyrrole nitrogens is 1. The summed E-state index contributed by atoms with van der Waals surface area (Å²) in [5.74, 6) is -0.321. The number of allylic oxidation sites excluding steroid dienone is 2. The Morgan fingerprint density at radius 1 is 1.00 bits per heavy atom. The van der Waals surface area contributed by atoms with E-state index in [0.29, 0.717) is 24.0 Å². The van der Waals surface area contributed by atoms with Crippen molar-refractivity contribution in [3.8, 4) is 11.1 Å². The molecule has 1 heterocycles. The lowest BCUT2D eigenvalue weighted by Gasteiger charge is -2.15. The predicted molar refractivity (Wildman–Crippen MR) is 121 cm³/mol. The molecule has 0 aliphatic carbocycles. The highest BCUT2D eigenvalue weighted by molar-refractivity contribution is 6.11. The Hall–Kier alpha value is -3.40. The number of rotatable bonds is 7. The van der Waals surface area contributed by atoms with E-state index in [9.17, 15) is 9.59 Å². The van der Waals surface area contributed by atoms with Gasteiger partial charge in [-0.2, -0.15) is 0 Å². The minimum Gasteiger partial charge on any atom is -0.322 e. The fraction of sp³-hybridized carbons (Fsp3) is 0.120. The van der Waals surface area contributed by atoms with Gasteiger partial charge in [0.15, 0.2) is 5.78 Å². The first kappa shape index (κ1) is 20.3. The molecule has 3 rings (SSSR count). The van der Waals surface area contributed by atoms with E-state index in [1.54, 1.807) is 18.2 Å². The predicted octanol–water partition coefficient (Wildman–Crippen LogP) is 5.10. The molecule has 142 valence electrons. The van der Waals surface area contributed by atoms with Crippen LogP contribution in [-0.2, 0) is 6.42 Å². The Morgan fingerprint density at radius 2 is 1.66 bits per heavy atom. The van der Waals surface area contributed by atoms with Crippen LogP contribution in [0.4, 0.5) is 0 Å². The Balaban J connectivity index is 2.20. The second-order valence-corrected chi connectivity index (χ2v) is 6.56. The van der Waals surface area contributed by atoms with Gasteiger partial charge in [0.2, 0.25) is 0 Å². The van der Waals surface area contributed by atoms with E-state index < -0.39 is 5.56 Å². The largest absolute Gasteiger partial charge is 0.322 e. The Labute approximate surface area is 172 Å². The minimum absolute atomic E-state index is 0.158. The summed E-state index contributed by atoms with van der Waals surface area (Å²) in [6.45, 7) is 2.01. The zero-order valence-corrected chi connectivity index (χ0v) is 16.4. The van der Waals surface area contributed by atoms with Crippen LogP contribution in [0.5, 0.6) is 0 Å². The van der Waals surface area contributed by atoms with E-state index in [1.807, 2.05) is 67.6 Å². The van der Waals surface area contributed by atoms with Crippen LogP contribution in [0.3, 0.4) is 0 Å². The normalized spacial score (nSPS) is 11.3. The van der Waals surface area contributed by atoms with Crippen molar-refractivity contribution in [2.24, 2.45) is 0 Å². The van der Waals surface area contributed by atoms with Crippen LogP contribution in [0, 0.1) is 0 Å². The molecule has 2 radical (unpaired) electrons. The summed E-state index contributed by atoms with van der Waals surface area (Å²) in [6.07, 6.45) is 7.81. The van der Waals surface area contributed by atoms with Gasteiger partial charge < -0.3 is 4.98 Å². The van der Waals surface area contributed by atoms with Gasteiger partial charge in [0, 0.05) is 11.3 Å². The third-order valence-corrected chi connectivity index (χ3v) is 4.66. The number of carbonyl (C=O) groups is 1. The average molecular weight is 379 g/mol. The third kappa shape index (κ3) is 4.72. The second kappa shape index (κ2) is 9.69. The van der Waals surface area contributed by atoms with E-state index >= 15 is 0 Å². The summed E-state index contributed by atoms with van der Waals surface area (Å²) in [5, 5.41) is 0. The summed E-state index contributed by atoms with van der Waals surface area (Å²) in [5.41, 5.74) is 3.77. The van der Waals surface area contributed by atoms with Crippen LogP contribution in [0.15, 0.2) is 77.6 Å². The molecule has 3 nitrogen and oxygen atoms in total. The number of aromatic amines is 1. The summed E-state index contributed by atoms with van der Waals surface area (Å²) < 4.78 is 0. The highest BCUT2D eigenvalue weighted by Crippen LogP contribution is 2.29. The van der Waals surface area contributed by atoms with Crippen LogP contribution in [-0.4, -0.2) is 18.6 Å². The molecule has 0 bridgehead atoms. The van der Waals surface area contributed by atoms with Crippen molar-refractivity contribution in [2.75, 3.05) is 0 Å². The molecule has 0 unspecified atom stereocenters. The maximum Gasteiger partial charge on any atom is 0.260 e. The first-order valence-electron chi connectivity index (χ1n) is 9.64. The van der Waals surface area contributed by atoms with E-state index in [0.717, 1.165) is 16.7 Å². The molecule has 0 saturated heterocycles. The molecule has 1 aromatic heterocycles. The minimum atomic E-state index is -0.402. The summed E-state index contributed by atoms with van der Waals surface area (Å²) >= 11 is 0. The van der Waals surface area contributed by atoms with E-state index in [-0.39, 0.29) is 11.3 Å². The highest BCUT2D eigenvalue weighted by atomic mass is 16.1. The molecule has 0 aliphatic rings. The molecule has 0 atom stereocenters. The Morgan fingerprint density at radius 3 is 2.28 bits per heavy atom. The number of ketones is 1. The van der Waals surface area contributed by atoms with Crippen LogP contribution >= 0.6 is 0 Å². The van der Waals surface area contributed by atoms with Gasteiger partial charge in [-0.15, -0.1) is 0 Å². The monoisotopic (exact) mass is 379 g/mol. The Kier molecular flexibility index (Phi) is 6.80. The number of carbonyl (C=O) groups excluding carboxylic acids is 1. The number of nitrogens with one attached hydrogen (secondary N) is 1. The molecule has 0 saturated carbocycles. The summed E-state index contributed by atoms with van der Waals surface area (Å²) in [4.78, 5) is 28.9. The van der Waals surface area contributed by atoms with Crippen molar-refractivity contribution >= 4 is 25.8 Å². The maximum atomic E-state index is 13.1. The molecule has 29 heavy (non-hydrogen) atoms. The molecular weight excluding hydrogens is 357 g/mol. The van der Waals surface area contributed by atoms with Crippen LogP contribution in [0.25, 0.3) is 23.3 Å². The first-order valence-corrected chi connectivity index (χ1v) is 9.64. The van der Waals surface area contributed by atoms with Gasteiger partial charge >= 0.3 is 0 Å². The molecular formula is C25H22BNO2. The maximum absolute atomic E-state index is 13.1. The lowest BCUT2D eigenvalue weighted by Crippen LogP contribution is -2.21. The van der Waals surface area contributed by atoms with Crippen LogP contribution in [0.2, 0.25) is 6.32 Å². The molecule has 0 fully saturated rings. The molecule has 1 N–H and O–H groups in total. The van der Waals surface area contributed by atoms with Gasteiger partial charge in [0.1, 0.15) is 0 Å². The molecule has 0 aliphatic heterocycles. The molecule has 0 spiro atoms. The van der Waals surface area contributed by atoms with E-state index in [1.165, 1.54) is 6.08 Å². The van der Waals surface area contributed by atoms with Gasteiger partial charge in [-0.1, -0.05) is 86.1 Å². The van der Waals surface area contributed by atoms with Gasteiger partial charge in [0.05, 0.1) is 13.4 Å². The first-order chi connectivity index (χ1) is 14.2. The molecule has 3 aromatic rings. The second-order valence-electron chi connectivity index (χ2n) is 6.56. The van der Waals surface area contributed by atoms with Crippen LogP contribution in [0.1, 0.15) is 34.1 Å². The SMILES string of the molecule is [B]CC=Cc1[nH]c(=O)c(C(=O)C=Cc2ccccc2)c(-c2ccccc2)c1CC. The van der Waals surface area contributed by atoms with Crippen LogP contribution < -0.4 is 5.56 Å². The lowest BCUT2D eigenvalue weighted by molar-refractivity contribution is 0.104. The van der Waals surface area contributed by atoms with Crippen molar-refractivity contribution in [3.63, 3.8) is 0 Å². The summed E-state index contributed by atoms with van der Waals surface area (Å²) in [7, 11) is 5.59. The fourth-order valence-electron chi connectivity index (χ4n) is 3.33. The number of aromatic nitrogens is 1. The van der Waals surface area contributed by atoms with E-state index in [4.69, 9.17) is 7.85 Å². The van der Waals surface area contributed by atoms with Gasteiger partial charge in [-0.05, 0) is 35.3 Å². The number of hydrogen-bond donors (Lipinski definition) is 1. The topological polar surface area (TPSA) is 49.9 Å². The highest BCUT2D eigenvalue weighted by Gasteiger charge is 2.21. The van der Waals surface area contributed by atoms with Gasteiger partial charge in [-0.25, -0.2) is 0 Å². The standard InChI is InChI=1S/C25H22BNO2/c1-2-20-21(14-9-17-26)27-25(29)24(23(20)19-12-7-4-8-13-19)22(28)16-15-18-10-5-3-6-11-18/h3-16H,2,17H2,1H3,(H,27,29). The quantitative estimate of drug-likeness (QED) is 0.353. The van der Waals surface area contributed by atoms with Gasteiger partial charge in [0.25, 0.3) is 5.56 Å². The zero-order chi connectivity index (χ0) is 20.6. The smallest absolute Gasteiger partial charge is 0.260 e.